The summed E-state index contributed by atoms with van der Waals surface area (Å²) in [7, 11) is -3.74. The molecule has 2 amide bonds. The normalized spacial score (nSPS) is 12.3. The summed E-state index contributed by atoms with van der Waals surface area (Å²) >= 11 is 3.40. The molecule has 0 aliphatic carbocycles. The SMILES string of the molecule is CCc1ccccc1N(CC(=O)N(Cc1ccc(Br)cc1)[C@H](C)C(=O)NC(C)C)S(C)(=O)=O. The van der Waals surface area contributed by atoms with E-state index in [1.54, 1.807) is 19.1 Å². The number of halogens is 1. The van der Waals surface area contributed by atoms with Crippen molar-refractivity contribution in [1.82, 2.24) is 10.2 Å². The molecule has 0 unspecified atom stereocenters. The van der Waals surface area contributed by atoms with Gasteiger partial charge in [0.05, 0.1) is 11.9 Å². The Labute approximate surface area is 205 Å². The summed E-state index contributed by atoms with van der Waals surface area (Å²) in [4.78, 5) is 27.7. The molecule has 0 saturated heterocycles. The predicted octanol–water partition coefficient (Wildman–Crippen LogP) is 3.72. The number of sulfonamides is 1. The summed E-state index contributed by atoms with van der Waals surface area (Å²) in [5.74, 6) is -0.754. The van der Waals surface area contributed by atoms with Crippen LogP contribution in [0.15, 0.2) is 53.0 Å². The number of nitrogens with one attached hydrogen (secondary N) is 1. The van der Waals surface area contributed by atoms with Gasteiger partial charge in [-0.2, -0.15) is 0 Å². The highest BCUT2D eigenvalue weighted by atomic mass is 79.9. The number of aryl methyl sites for hydroxylation is 1. The minimum absolute atomic E-state index is 0.0893. The highest BCUT2D eigenvalue weighted by Crippen LogP contribution is 2.24. The van der Waals surface area contributed by atoms with Crippen molar-refractivity contribution in [3.05, 3.63) is 64.1 Å². The number of nitrogens with zero attached hydrogens (tertiary/aromatic N) is 2. The first-order valence-corrected chi connectivity index (χ1v) is 13.5. The van der Waals surface area contributed by atoms with Gasteiger partial charge in [-0.3, -0.25) is 13.9 Å². The molecule has 0 radical (unpaired) electrons. The Morgan fingerprint density at radius 1 is 1.03 bits per heavy atom. The van der Waals surface area contributed by atoms with Crippen LogP contribution in [0.5, 0.6) is 0 Å². The number of rotatable bonds is 10. The Bertz CT molecular complexity index is 1070. The van der Waals surface area contributed by atoms with Crippen LogP contribution in [0.1, 0.15) is 38.8 Å². The highest BCUT2D eigenvalue weighted by molar-refractivity contribution is 9.10. The second-order valence-corrected chi connectivity index (χ2v) is 11.1. The van der Waals surface area contributed by atoms with Gasteiger partial charge in [-0.1, -0.05) is 53.2 Å². The van der Waals surface area contributed by atoms with E-state index in [0.29, 0.717) is 12.1 Å². The van der Waals surface area contributed by atoms with Gasteiger partial charge in [0.1, 0.15) is 12.6 Å². The average Bonchev–Trinajstić information content (AvgIpc) is 2.75. The van der Waals surface area contributed by atoms with E-state index in [1.165, 1.54) is 4.90 Å². The molecule has 9 heteroatoms. The van der Waals surface area contributed by atoms with Crippen molar-refractivity contribution in [2.24, 2.45) is 0 Å². The van der Waals surface area contributed by atoms with Gasteiger partial charge in [0.25, 0.3) is 0 Å². The third-order valence-electron chi connectivity index (χ3n) is 5.18. The molecule has 2 rings (SSSR count). The lowest BCUT2D eigenvalue weighted by Crippen LogP contribution is -2.52. The number of hydrogen-bond acceptors (Lipinski definition) is 4. The maximum atomic E-state index is 13.5. The summed E-state index contributed by atoms with van der Waals surface area (Å²) in [5, 5.41) is 2.83. The molecular formula is C24H32BrN3O4S. The lowest BCUT2D eigenvalue weighted by atomic mass is 10.1. The fraction of sp³-hybridized carbons (Fsp3) is 0.417. The van der Waals surface area contributed by atoms with Crippen molar-refractivity contribution >= 4 is 43.5 Å². The predicted molar refractivity (Wildman–Crippen MR) is 135 cm³/mol. The zero-order valence-electron chi connectivity index (χ0n) is 19.7. The molecule has 0 spiro atoms. The fourth-order valence-electron chi connectivity index (χ4n) is 3.42. The molecule has 0 fully saturated rings. The molecule has 2 aromatic carbocycles. The Kier molecular flexibility index (Phi) is 9.48. The van der Waals surface area contributed by atoms with Crippen LogP contribution in [0.3, 0.4) is 0 Å². The monoisotopic (exact) mass is 537 g/mol. The van der Waals surface area contributed by atoms with E-state index in [0.717, 1.165) is 26.2 Å². The summed E-state index contributed by atoms with van der Waals surface area (Å²) in [5.41, 5.74) is 2.12. The molecule has 0 heterocycles. The van der Waals surface area contributed by atoms with E-state index in [9.17, 15) is 18.0 Å². The van der Waals surface area contributed by atoms with Gasteiger partial charge in [0.2, 0.25) is 21.8 Å². The topological polar surface area (TPSA) is 86.8 Å². The molecule has 0 aliphatic rings. The minimum Gasteiger partial charge on any atom is -0.352 e. The third-order valence-corrected chi connectivity index (χ3v) is 6.84. The van der Waals surface area contributed by atoms with Crippen LogP contribution in [0.2, 0.25) is 0 Å². The smallest absolute Gasteiger partial charge is 0.244 e. The van der Waals surface area contributed by atoms with Gasteiger partial charge < -0.3 is 10.2 Å². The number of carbonyl (C=O) groups excluding carboxylic acids is 2. The van der Waals surface area contributed by atoms with Gasteiger partial charge >= 0.3 is 0 Å². The first-order valence-electron chi connectivity index (χ1n) is 10.8. The molecule has 0 aliphatic heterocycles. The zero-order valence-corrected chi connectivity index (χ0v) is 22.1. The van der Waals surface area contributed by atoms with Crippen LogP contribution in [0.25, 0.3) is 0 Å². The van der Waals surface area contributed by atoms with Gasteiger partial charge in [0, 0.05) is 17.1 Å². The Balaban J connectivity index is 2.42. The van der Waals surface area contributed by atoms with Crippen molar-refractivity contribution in [3.8, 4) is 0 Å². The van der Waals surface area contributed by atoms with E-state index in [-0.39, 0.29) is 18.5 Å². The molecule has 7 nitrogen and oxygen atoms in total. The summed E-state index contributed by atoms with van der Waals surface area (Å²) < 4.78 is 27.4. The largest absolute Gasteiger partial charge is 0.352 e. The Morgan fingerprint density at radius 2 is 1.64 bits per heavy atom. The van der Waals surface area contributed by atoms with E-state index < -0.39 is 28.5 Å². The van der Waals surface area contributed by atoms with Crippen LogP contribution in [-0.2, 0) is 32.6 Å². The van der Waals surface area contributed by atoms with Crippen LogP contribution < -0.4 is 9.62 Å². The molecule has 0 saturated carbocycles. The second kappa shape index (κ2) is 11.7. The number of anilines is 1. The number of carbonyl (C=O) groups is 2. The van der Waals surface area contributed by atoms with Crippen molar-refractivity contribution in [2.45, 2.75) is 52.7 Å². The van der Waals surface area contributed by atoms with Gasteiger partial charge in [-0.25, -0.2) is 8.42 Å². The van der Waals surface area contributed by atoms with Gasteiger partial charge in [-0.15, -0.1) is 0 Å². The summed E-state index contributed by atoms with van der Waals surface area (Å²) in [6.07, 6.45) is 1.70. The lowest BCUT2D eigenvalue weighted by molar-refractivity contribution is -0.139. The maximum Gasteiger partial charge on any atom is 0.244 e. The third kappa shape index (κ3) is 7.57. The van der Waals surface area contributed by atoms with Crippen LogP contribution >= 0.6 is 15.9 Å². The van der Waals surface area contributed by atoms with Crippen molar-refractivity contribution in [1.29, 1.82) is 0 Å². The first-order chi connectivity index (χ1) is 15.4. The van der Waals surface area contributed by atoms with E-state index in [4.69, 9.17) is 0 Å². The fourth-order valence-corrected chi connectivity index (χ4v) is 4.57. The quantitative estimate of drug-likeness (QED) is 0.500. The number of benzene rings is 2. The molecule has 33 heavy (non-hydrogen) atoms. The lowest BCUT2D eigenvalue weighted by Gasteiger charge is -2.32. The maximum absolute atomic E-state index is 13.5. The van der Waals surface area contributed by atoms with Gasteiger partial charge in [0.15, 0.2) is 0 Å². The van der Waals surface area contributed by atoms with E-state index in [1.807, 2.05) is 57.2 Å². The van der Waals surface area contributed by atoms with Crippen molar-refractivity contribution in [3.63, 3.8) is 0 Å². The molecule has 0 aromatic heterocycles. The standard InChI is InChI=1S/C24H32BrN3O4S/c1-6-20-9-7-8-10-22(20)28(33(5,31)32)16-23(29)27(18(4)24(30)26-17(2)3)15-19-11-13-21(25)14-12-19/h7-14,17-18H,6,15-16H2,1-5H3,(H,26,30)/t18-/m1/s1. The van der Waals surface area contributed by atoms with E-state index >= 15 is 0 Å². The zero-order chi connectivity index (χ0) is 24.8. The molecule has 180 valence electrons. The highest BCUT2D eigenvalue weighted by Gasteiger charge is 2.30. The number of amides is 2. The number of hydrogen-bond donors (Lipinski definition) is 1. The van der Waals surface area contributed by atoms with E-state index in [2.05, 4.69) is 21.2 Å². The molecule has 1 atom stereocenters. The van der Waals surface area contributed by atoms with Crippen LogP contribution in [0, 0.1) is 0 Å². The Morgan fingerprint density at radius 3 is 2.18 bits per heavy atom. The van der Waals surface area contributed by atoms with Gasteiger partial charge in [-0.05, 0) is 56.5 Å². The summed E-state index contributed by atoms with van der Waals surface area (Å²) in [6, 6.07) is 13.7. The average molecular weight is 539 g/mol. The molecular weight excluding hydrogens is 506 g/mol. The molecule has 1 N–H and O–H groups in total. The molecule has 0 bridgehead atoms. The van der Waals surface area contributed by atoms with Crippen molar-refractivity contribution < 1.29 is 18.0 Å². The molecule has 2 aromatic rings. The minimum atomic E-state index is -3.74. The van der Waals surface area contributed by atoms with Crippen molar-refractivity contribution in [2.75, 3.05) is 17.1 Å². The first kappa shape index (κ1) is 26.9. The number of para-hydroxylation sites is 1. The van der Waals surface area contributed by atoms with Crippen LogP contribution in [-0.4, -0.2) is 50.0 Å². The second-order valence-electron chi connectivity index (χ2n) is 8.24. The van der Waals surface area contributed by atoms with Crippen LogP contribution in [0.4, 0.5) is 5.69 Å². The summed E-state index contributed by atoms with van der Waals surface area (Å²) in [6.45, 7) is 7.05. The Hall–Kier alpha value is -2.39.